The second-order valence-corrected chi connectivity index (χ2v) is 2.60. The topological polar surface area (TPSA) is 55.1 Å². The molecule has 0 spiro atoms. The van der Waals surface area contributed by atoms with Gasteiger partial charge in [0.15, 0.2) is 0 Å². The largest absolute Gasteiger partial charge is 0.368 e. The molecule has 9 heavy (non-hydrogen) atoms. The van der Waals surface area contributed by atoms with E-state index in [0.717, 1.165) is 13.0 Å². The van der Waals surface area contributed by atoms with Crippen molar-refractivity contribution in [3.63, 3.8) is 0 Å². The molecule has 1 fully saturated rings. The molecular weight excluding hydrogens is 116 g/mol. The summed E-state index contributed by atoms with van der Waals surface area (Å²) in [5, 5.41) is 3.03. The number of hydrogen-bond acceptors (Lipinski definition) is 2. The van der Waals surface area contributed by atoms with Crippen molar-refractivity contribution in [2.24, 2.45) is 11.7 Å². The summed E-state index contributed by atoms with van der Waals surface area (Å²) < 4.78 is 0. The van der Waals surface area contributed by atoms with Crippen LogP contribution in [0.25, 0.3) is 0 Å². The summed E-state index contributed by atoms with van der Waals surface area (Å²) in [6.45, 7) is 2.96. The fraction of sp³-hybridized carbons (Fsp3) is 0.833. The van der Waals surface area contributed by atoms with E-state index in [2.05, 4.69) is 5.32 Å². The first-order chi connectivity index (χ1) is 4.22. The molecule has 1 aliphatic heterocycles. The number of carbonyl (C=O) groups excluding carboxylic acids is 1. The summed E-state index contributed by atoms with van der Waals surface area (Å²) in [6.07, 6.45) is 1.06. The Bertz CT molecular complexity index is 124. The number of primary amides is 1. The molecule has 52 valence electrons. The van der Waals surface area contributed by atoms with E-state index in [-0.39, 0.29) is 11.9 Å². The van der Waals surface area contributed by atoms with Gasteiger partial charge in [-0.25, -0.2) is 0 Å². The molecule has 0 aromatic heterocycles. The maximum Gasteiger partial charge on any atom is 0.234 e. The Kier molecular flexibility index (Phi) is 1.71. The third-order valence-electron chi connectivity index (χ3n) is 1.84. The Morgan fingerprint density at radius 1 is 1.78 bits per heavy atom. The van der Waals surface area contributed by atoms with Crippen molar-refractivity contribution in [3.05, 3.63) is 0 Å². The Morgan fingerprint density at radius 2 is 2.44 bits per heavy atom. The first kappa shape index (κ1) is 6.55. The predicted molar refractivity (Wildman–Crippen MR) is 34.8 cm³/mol. The monoisotopic (exact) mass is 128 g/mol. The van der Waals surface area contributed by atoms with Crippen molar-refractivity contribution in [2.45, 2.75) is 19.4 Å². The van der Waals surface area contributed by atoms with Crippen LogP contribution < -0.4 is 11.1 Å². The standard InChI is InChI=1S/C6H12N2O/c1-4-2-3-8-5(4)6(7)9/h4-5,8H,2-3H2,1H3,(H2,7,9)/t4-,5-/m0/s1. The van der Waals surface area contributed by atoms with Gasteiger partial charge in [-0.1, -0.05) is 6.92 Å². The first-order valence-electron chi connectivity index (χ1n) is 3.24. The van der Waals surface area contributed by atoms with E-state index in [4.69, 9.17) is 5.73 Å². The highest BCUT2D eigenvalue weighted by Gasteiger charge is 2.26. The Balaban J connectivity index is 2.49. The lowest BCUT2D eigenvalue weighted by Gasteiger charge is -2.09. The van der Waals surface area contributed by atoms with Crippen molar-refractivity contribution in [1.29, 1.82) is 0 Å². The summed E-state index contributed by atoms with van der Waals surface area (Å²) >= 11 is 0. The van der Waals surface area contributed by atoms with Crippen LogP contribution in [0.15, 0.2) is 0 Å². The minimum atomic E-state index is -0.222. The molecule has 2 atom stereocenters. The van der Waals surface area contributed by atoms with Crippen LogP contribution in [0.2, 0.25) is 0 Å². The van der Waals surface area contributed by atoms with E-state index in [9.17, 15) is 4.79 Å². The molecular formula is C6H12N2O. The number of hydrogen-bond donors (Lipinski definition) is 2. The van der Waals surface area contributed by atoms with Crippen molar-refractivity contribution < 1.29 is 4.79 Å². The van der Waals surface area contributed by atoms with E-state index in [1.165, 1.54) is 0 Å². The van der Waals surface area contributed by atoms with Gasteiger partial charge in [-0.2, -0.15) is 0 Å². The van der Waals surface area contributed by atoms with Crippen molar-refractivity contribution in [1.82, 2.24) is 5.32 Å². The first-order valence-corrected chi connectivity index (χ1v) is 3.24. The number of nitrogens with two attached hydrogens (primary N) is 1. The van der Waals surface area contributed by atoms with Crippen LogP contribution in [0.1, 0.15) is 13.3 Å². The van der Waals surface area contributed by atoms with Crippen LogP contribution >= 0.6 is 0 Å². The molecule has 3 nitrogen and oxygen atoms in total. The fourth-order valence-electron chi connectivity index (χ4n) is 1.22. The van der Waals surface area contributed by atoms with Gasteiger partial charge in [-0.15, -0.1) is 0 Å². The van der Waals surface area contributed by atoms with Crippen molar-refractivity contribution in [3.8, 4) is 0 Å². The Hall–Kier alpha value is -0.570. The Labute approximate surface area is 54.6 Å². The maximum atomic E-state index is 10.6. The average Bonchev–Trinajstić information content (AvgIpc) is 2.13. The molecule has 1 amide bonds. The second kappa shape index (κ2) is 2.35. The summed E-state index contributed by atoms with van der Waals surface area (Å²) in [5.74, 6) is 0.197. The summed E-state index contributed by atoms with van der Waals surface area (Å²) in [5.41, 5.74) is 5.09. The molecule has 1 aliphatic rings. The zero-order chi connectivity index (χ0) is 6.85. The lowest BCUT2D eigenvalue weighted by atomic mass is 10.0. The highest BCUT2D eigenvalue weighted by atomic mass is 16.1. The number of carbonyl (C=O) groups is 1. The molecule has 3 heteroatoms. The lowest BCUT2D eigenvalue weighted by molar-refractivity contribution is -0.120. The Morgan fingerprint density at radius 3 is 2.67 bits per heavy atom. The smallest absolute Gasteiger partial charge is 0.234 e. The van der Waals surface area contributed by atoms with E-state index < -0.39 is 0 Å². The van der Waals surface area contributed by atoms with Gasteiger partial charge in [0.2, 0.25) is 5.91 Å². The van der Waals surface area contributed by atoms with E-state index in [1.807, 2.05) is 6.92 Å². The van der Waals surface area contributed by atoms with E-state index in [0.29, 0.717) is 5.92 Å². The van der Waals surface area contributed by atoms with Crippen LogP contribution in [-0.4, -0.2) is 18.5 Å². The molecule has 0 aromatic rings. The van der Waals surface area contributed by atoms with Crippen molar-refractivity contribution in [2.75, 3.05) is 6.54 Å². The summed E-state index contributed by atoms with van der Waals surface area (Å²) in [7, 11) is 0. The fourth-order valence-corrected chi connectivity index (χ4v) is 1.22. The molecule has 0 aromatic carbocycles. The van der Waals surface area contributed by atoms with Crippen LogP contribution in [0.4, 0.5) is 0 Å². The highest BCUT2D eigenvalue weighted by Crippen LogP contribution is 2.12. The predicted octanol–water partition coefficient (Wildman–Crippen LogP) is -0.530. The van der Waals surface area contributed by atoms with Gasteiger partial charge in [0.05, 0.1) is 6.04 Å². The van der Waals surface area contributed by atoms with Gasteiger partial charge >= 0.3 is 0 Å². The highest BCUT2D eigenvalue weighted by molar-refractivity contribution is 5.80. The minimum Gasteiger partial charge on any atom is -0.368 e. The molecule has 0 aliphatic carbocycles. The van der Waals surface area contributed by atoms with Crippen LogP contribution in [0.5, 0.6) is 0 Å². The summed E-state index contributed by atoms with van der Waals surface area (Å²) in [4.78, 5) is 10.6. The number of rotatable bonds is 1. The molecule has 1 rings (SSSR count). The number of amides is 1. The van der Waals surface area contributed by atoms with Gasteiger partial charge in [0.25, 0.3) is 0 Å². The van der Waals surface area contributed by atoms with Gasteiger partial charge in [-0.05, 0) is 18.9 Å². The van der Waals surface area contributed by atoms with Crippen LogP contribution in [0.3, 0.4) is 0 Å². The van der Waals surface area contributed by atoms with Gasteiger partial charge in [0, 0.05) is 0 Å². The molecule has 0 radical (unpaired) electrons. The number of nitrogens with one attached hydrogen (secondary N) is 1. The van der Waals surface area contributed by atoms with Crippen LogP contribution in [0, 0.1) is 5.92 Å². The van der Waals surface area contributed by atoms with Crippen LogP contribution in [-0.2, 0) is 4.79 Å². The van der Waals surface area contributed by atoms with Gasteiger partial charge in [-0.3, -0.25) is 4.79 Å². The maximum absolute atomic E-state index is 10.6. The normalized spacial score (nSPS) is 34.8. The zero-order valence-electron chi connectivity index (χ0n) is 5.55. The molecule has 0 unspecified atom stereocenters. The second-order valence-electron chi connectivity index (χ2n) is 2.60. The quantitative estimate of drug-likeness (QED) is 0.498. The SMILES string of the molecule is C[C@H]1CCN[C@@H]1C(N)=O. The molecule has 1 saturated heterocycles. The lowest BCUT2D eigenvalue weighted by Crippen LogP contribution is -2.39. The minimum absolute atomic E-state index is 0.0787. The third kappa shape index (κ3) is 1.21. The van der Waals surface area contributed by atoms with E-state index >= 15 is 0 Å². The van der Waals surface area contributed by atoms with Gasteiger partial charge in [0.1, 0.15) is 0 Å². The molecule has 1 heterocycles. The molecule has 0 saturated carbocycles. The molecule has 0 bridgehead atoms. The van der Waals surface area contributed by atoms with Crippen molar-refractivity contribution >= 4 is 5.91 Å². The summed E-state index contributed by atoms with van der Waals surface area (Å²) in [6, 6.07) is -0.0787. The van der Waals surface area contributed by atoms with E-state index in [1.54, 1.807) is 0 Å². The van der Waals surface area contributed by atoms with Gasteiger partial charge < -0.3 is 11.1 Å². The molecule has 3 N–H and O–H groups in total. The average molecular weight is 128 g/mol. The third-order valence-corrected chi connectivity index (χ3v) is 1.84. The zero-order valence-corrected chi connectivity index (χ0v) is 5.55.